The molecule has 0 radical (unpaired) electrons. The van der Waals surface area contributed by atoms with Crippen LogP contribution in [0, 0.1) is 0 Å². The molecule has 0 fully saturated rings. The molecule has 19 heavy (non-hydrogen) atoms. The molecule has 1 aromatic heterocycles. The molecule has 1 heterocycles. The van der Waals surface area contributed by atoms with E-state index in [9.17, 15) is 0 Å². The van der Waals surface area contributed by atoms with E-state index < -0.39 is 0 Å². The predicted molar refractivity (Wildman–Crippen MR) is 77.5 cm³/mol. The first kappa shape index (κ1) is 13.8. The Hall–Kier alpha value is -1.58. The number of pyridine rings is 1. The average molecular weight is 277 g/mol. The lowest BCUT2D eigenvalue weighted by Gasteiger charge is -2.14. The van der Waals surface area contributed by atoms with E-state index in [0.29, 0.717) is 12.4 Å². The summed E-state index contributed by atoms with van der Waals surface area (Å²) in [6.45, 7) is 2.79. The summed E-state index contributed by atoms with van der Waals surface area (Å²) < 4.78 is 5.11. The van der Waals surface area contributed by atoms with Gasteiger partial charge in [-0.3, -0.25) is 0 Å². The topological polar surface area (TPSA) is 34.1 Å². The van der Waals surface area contributed by atoms with Crippen LogP contribution in [0.15, 0.2) is 42.5 Å². The monoisotopic (exact) mass is 276 g/mol. The van der Waals surface area contributed by atoms with Crippen LogP contribution in [0.1, 0.15) is 24.2 Å². The summed E-state index contributed by atoms with van der Waals surface area (Å²) in [5.41, 5.74) is 2.11. The highest BCUT2D eigenvalue weighted by Crippen LogP contribution is 2.17. The molecule has 2 rings (SSSR count). The van der Waals surface area contributed by atoms with Gasteiger partial charge < -0.3 is 10.1 Å². The summed E-state index contributed by atoms with van der Waals surface area (Å²) in [6, 6.07) is 13.8. The van der Waals surface area contributed by atoms with Crippen molar-refractivity contribution in [1.82, 2.24) is 10.3 Å². The Morgan fingerprint density at radius 3 is 2.79 bits per heavy atom. The molecule has 3 nitrogen and oxygen atoms in total. The lowest BCUT2D eigenvalue weighted by Crippen LogP contribution is -2.18. The maximum Gasteiger partial charge on any atom is 0.213 e. The lowest BCUT2D eigenvalue weighted by atomic mass is 10.1. The van der Waals surface area contributed by atoms with Gasteiger partial charge in [-0.1, -0.05) is 29.8 Å². The number of methoxy groups -OCH3 is 1. The van der Waals surface area contributed by atoms with Crippen LogP contribution in [-0.2, 0) is 6.54 Å². The Bertz CT molecular complexity index is 545. The Balaban J connectivity index is 1.98. The van der Waals surface area contributed by atoms with Gasteiger partial charge in [0.05, 0.1) is 12.8 Å². The molecule has 0 spiro atoms. The molecule has 2 aromatic rings. The quantitative estimate of drug-likeness (QED) is 0.906. The Morgan fingerprint density at radius 2 is 2.05 bits per heavy atom. The van der Waals surface area contributed by atoms with Crippen LogP contribution in [0.25, 0.3) is 0 Å². The highest BCUT2D eigenvalue weighted by Gasteiger charge is 2.06. The van der Waals surface area contributed by atoms with Gasteiger partial charge in [0.15, 0.2) is 0 Å². The van der Waals surface area contributed by atoms with Gasteiger partial charge in [-0.05, 0) is 30.7 Å². The second-order valence-corrected chi connectivity index (χ2v) is 4.77. The van der Waals surface area contributed by atoms with E-state index in [2.05, 4.69) is 23.3 Å². The van der Waals surface area contributed by atoms with Gasteiger partial charge >= 0.3 is 0 Å². The molecule has 0 saturated heterocycles. The molecule has 0 saturated carbocycles. The van der Waals surface area contributed by atoms with Gasteiger partial charge in [0.25, 0.3) is 0 Å². The number of nitrogens with one attached hydrogen (secondary N) is 1. The molecule has 1 unspecified atom stereocenters. The van der Waals surface area contributed by atoms with Crippen molar-refractivity contribution < 1.29 is 4.74 Å². The van der Waals surface area contributed by atoms with Gasteiger partial charge in [0.1, 0.15) is 0 Å². The number of rotatable bonds is 5. The van der Waals surface area contributed by atoms with Crippen LogP contribution < -0.4 is 10.1 Å². The van der Waals surface area contributed by atoms with Gasteiger partial charge in [0, 0.05) is 23.7 Å². The van der Waals surface area contributed by atoms with Crippen LogP contribution >= 0.6 is 11.6 Å². The number of nitrogens with zero attached hydrogens (tertiary/aromatic N) is 1. The van der Waals surface area contributed by atoms with Crippen molar-refractivity contribution >= 4 is 11.6 Å². The highest BCUT2D eigenvalue weighted by atomic mass is 35.5. The first-order valence-electron chi connectivity index (χ1n) is 6.18. The van der Waals surface area contributed by atoms with E-state index in [1.54, 1.807) is 7.11 Å². The number of benzene rings is 1. The number of hydrogen-bond acceptors (Lipinski definition) is 3. The van der Waals surface area contributed by atoms with Crippen molar-refractivity contribution in [3.8, 4) is 5.88 Å². The third-order valence-corrected chi connectivity index (χ3v) is 3.16. The van der Waals surface area contributed by atoms with Crippen molar-refractivity contribution in [1.29, 1.82) is 0 Å². The fourth-order valence-corrected chi connectivity index (χ4v) is 2.02. The van der Waals surface area contributed by atoms with Crippen LogP contribution in [0.5, 0.6) is 5.88 Å². The normalized spacial score (nSPS) is 12.2. The number of ether oxygens (including phenoxy) is 1. The molecular formula is C15H17ClN2O. The molecule has 1 atom stereocenters. The van der Waals surface area contributed by atoms with Crippen molar-refractivity contribution in [2.24, 2.45) is 0 Å². The van der Waals surface area contributed by atoms with Crippen molar-refractivity contribution in [2.45, 2.75) is 19.5 Å². The Kier molecular flexibility index (Phi) is 4.77. The lowest BCUT2D eigenvalue weighted by molar-refractivity contribution is 0.395. The van der Waals surface area contributed by atoms with E-state index in [-0.39, 0.29) is 6.04 Å². The second kappa shape index (κ2) is 6.55. The van der Waals surface area contributed by atoms with E-state index in [1.165, 1.54) is 0 Å². The number of aromatic nitrogens is 1. The SMILES string of the molecule is COc1cccc(CNC(C)c2cccc(Cl)c2)n1. The molecule has 0 bridgehead atoms. The first-order chi connectivity index (χ1) is 9.19. The average Bonchev–Trinajstić information content (AvgIpc) is 2.45. The largest absolute Gasteiger partial charge is 0.481 e. The number of hydrogen-bond donors (Lipinski definition) is 1. The summed E-state index contributed by atoms with van der Waals surface area (Å²) in [7, 11) is 1.62. The summed E-state index contributed by atoms with van der Waals surface area (Å²) in [6.07, 6.45) is 0. The summed E-state index contributed by atoms with van der Waals surface area (Å²) >= 11 is 5.99. The highest BCUT2D eigenvalue weighted by molar-refractivity contribution is 6.30. The van der Waals surface area contributed by atoms with E-state index in [0.717, 1.165) is 16.3 Å². The fraction of sp³-hybridized carbons (Fsp3) is 0.267. The first-order valence-corrected chi connectivity index (χ1v) is 6.55. The molecular weight excluding hydrogens is 260 g/mol. The maximum atomic E-state index is 5.99. The van der Waals surface area contributed by atoms with Crippen LogP contribution in [0.3, 0.4) is 0 Å². The molecule has 0 aliphatic heterocycles. The van der Waals surface area contributed by atoms with E-state index in [4.69, 9.17) is 16.3 Å². The van der Waals surface area contributed by atoms with Gasteiger partial charge in [0.2, 0.25) is 5.88 Å². The fourth-order valence-electron chi connectivity index (χ4n) is 1.82. The van der Waals surface area contributed by atoms with E-state index >= 15 is 0 Å². The zero-order chi connectivity index (χ0) is 13.7. The van der Waals surface area contributed by atoms with Crippen molar-refractivity contribution in [3.63, 3.8) is 0 Å². The zero-order valence-corrected chi connectivity index (χ0v) is 11.8. The molecule has 0 aliphatic carbocycles. The van der Waals surface area contributed by atoms with Crippen molar-refractivity contribution in [3.05, 3.63) is 58.7 Å². The molecule has 100 valence electrons. The Labute approximate surface area is 118 Å². The van der Waals surface area contributed by atoms with Gasteiger partial charge in [-0.25, -0.2) is 4.98 Å². The summed E-state index contributed by atoms with van der Waals surface area (Å²) in [4.78, 5) is 4.36. The molecule has 1 aromatic carbocycles. The van der Waals surface area contributed by atoms with Gasteiger partial charge in [-0.2, -0.15) is 0 Å². The maximum absolute atomic E-state index is 5.99. The smallest absolute Gasteiger partial charge is 0.213 e. The summed E-state index contributed by atoms with van der Waals surface area (Å²) in [5, 5.41) is 4.17. The second-order valence-electron chi connectivity index (χ2n) is 4.33. The predicted octanol–water partition coefficient (Wildman–Crippen LogP) is 3.59. The minimum absolute atomic E-state index is 0.215. The van der Waals surface area contributed by atoms with Crippen LogP contribution in [0.4, 0.5) is 0 Å². The molecule has 4 heteroatoms. The van der Waals surface area contributed by atoms with Crippen LogP contribution in [0.2, 0.25) is 5.02 Å². The van der Waals surface area contributed by atoms with Crippen molar-refractivity contribution in [2.75, 3.05) is 7.11 Å². The molecule has 1 N–H and O–H groups in total. The van der Waals surface area contributed by atoms with Gasteiger partial charge in [-0.15, -0.1) is 0 Å². The summed E-state index contributed by atoms with van der Waals surface area (Å²) in [5.74, 6) is 0.634. The molecule has 0 amide bonds. The third kappa shape index (κ3) is 3.94. The van der Waals surface area contributed by atoms with E-state index in [1.807, 2.05) is 36.4 Å². The minimum Gasteiger partial charge on any atom is -0.481 e. The zero-order valence-electron chi connectivity index (χ0n) is 11.1. The Morgan fingerprint density at radius 1 is 1.26 bits per heavy atom. The number of halogens is 1. The third-order valence-electron chi connectivity index (χ3n) is 2.93. The standard InChI is InChI=1S/C15H17ClN2O/c1-11(12-5-3-6-13(16)9-12)17-10-14-7-4-8-15(18-14)19-2/h3-9,11,17H,10H2,1-2H3. The van der Waals surface area contributed by atoms with Crippen LogP contribution in [-0.4, -0.2) is 12.1 Å². The molecule has 0 aliphatic rings. The minimum atomic E-state index is 0.215.